The molecule has 3 rings (SSSR count). The second kappa shape index (κ2) is 6.09. The fourth-order valence-electron chi connectivity index (χ4n) is 2.41. The molecule has 2 aromatic heterocycles. The van der Waals surface area contributed by atoms with E-state index in [0.717, 1.165) is 25.9 Å². The highest BCUT2D eigenvalue weighted by atomic mass is 32.2. The van der Waals surface area contributed by atoms with Gasteiger partial charge in [-0.15, -0.1) is 0 Å². The first kappa shape index (κ1) is 15.0. The zero-order valence-electron chi connectivity index (χ0n) is 12.3. The molecule has 120 valence electrons. The van der Waals surface area contributed by atoms with Gasteiger partial charge in [-0.25, -0.2) is 4.98 Å². The number of anilines is 1. The molecule has 1 aliphatic heterocycles. The lowest BCUT2D eigenvalue weighted by atomic mass is 10.1. The zero-order valence-corrected chi connectivity index (χ0v) is 13.2. The van der Waals surface area contributed by atoms with Gasteiger partial charge in [0, 0.05) is 26.0 Å². The second-order valence-electron chi connectivity index (χ2n) is 5.42. The fourth-order valence-corrected chi connectivity index (χ4v) is 3.42. The lowest BCUT2D eigenvalue weighted by Crippen LogP contribution is -2.24. The van der Waals surface area contributed by atoms with Crippen molar-refractivity contribution in [2.24, 2.45) is 7.05 Å². The predicted molar refractivity (Wildman–Crippen MR) is 79.8 cm³/mol. The van der Waals surface area contributed by atoms with Crippen LogP contribution >= 0.6 is 0 Å². The molecule has 22 heavy (non-hydrogen) atoms. The summed E-state index contributed by atoms with van der Waals surface area (Å²) in [6, 6.07) is 0. The third-order valence-corrected chi connectivity index (χ3v) is 4.77. The minimum Gasteiger partial charge on any atom is -0.376 e. The van der Waals surface area contributed by atoms with Gasteiger partial charge in [0.05, 0.1) is 30.9 Å². The van der Waals surface area contributed by atoms with Crippen LogP contribution in [0.15, 0.2) is 29.9 Å². The summed E-state index contributed by atoms with van der Waals surface area (Å²) in [5, 5.41) is 4.16. The third kappa shape index (κ3) is 3.47. The molecule has 1 fully saturated rings. The van der Waals surface area contributed by atoms with E-state index in [4.69, 9.17) is 4.74 Å². The molecular formula is C13H19N5O3S. The summed E-state index contributed by atoms with van der Waals surface area (Å²) in [7, 11) is -1.96. The Morgan fingerprint density at radius 3 is 2.95 bits per heavy atom. The summed E-state index contributed by atoms with van der Waals surface area (Å²) in [6.07, 6.45) is 9.46. The largest absolute Gasteiger partial charge is 0.376 e. The predicted octanol–water partition coefficient (Wildman–Crippen LogP) is 0.986. The van der Waals surface area contributed by atoms with Gasteiger partial charge in [0.15, 0.2) is 5.03 Å². The molecule has 0 spiro atoms. The van der Waals surface area contributed by atoms with Crippen LogP contribution in [0.1, 0.15) is 19.3 Å². The standard InChI is InChI=1S/C13H19N5O3S/c1-17-9-13(14-10-17)22(19,20)16-11-6-15-18(7-11)8-12-4-2-3-5-21-12/h6-7,9-10,12,16H,2-5,8H2,1H3. The van der Waals surface area contributed by atoms with Crippen molar-refractivity contribution in [1.29, 1.82) is 0 Å². The van der Waals surface area contributed by atoms with E-state index in [0.29, 0.717) is 12.2 Å². The van der Waals surface area contributed by atoms with E-state index >= 15 is 0 Å². The van der Waals surface area contributed by atoms with Gasteiger partial charge in [-0.1, -0.05) is 0 Å². The Bertz CT molecular complexity index is 730. The number of nitrogens with one attached hydrogen (secondary N) is 1. The molecule has 0 radical (unpaired) electrons. The molecule has 8 nitrogen and oxygen atoms in total. The van der Waals surface area contributed by atoms with Gasteiger partial charge >= 0.3 is 0 Å². The van der Waals surface area contributed by atoms with Crippen LogP contribution in [0.5, 0.6) is 0 Å². The van der Waals surface area contributed by atoms with Gasteiger partial charge in [0.2, 0.25) is 0 Å². The normalized spacial score (nSPS) is 19.2. The Morgan fingerprint density at radius 2 is 2.27 bits per heavy atom. The highest BCUT2D eigenvalue weighted by Crippen LogP contribution is 2.17. The summed E-state index contributed by atoms with van der Waals surface area (Å²) in [5.74, 6) is 0. The maximum Gasteiger partial charge on any atom is 0.281 e. The quantitative estimate of drug-likeness (QED) is 0.885. The lowest BCUT2D eigenvalue weighted by Gasteiger charge is -2.22. The molecule has 0 amide bonds. The number of hydrogen-bond acceptors (Lipinski definition) is 5. The Labute approximate surface area is 129 Å². The van der Waals surface area contributed by atoms with Gasteiger partial charge in [-0.05, 0) is 19.3 Å². The van der Waals surface area contributed by atoms with Crippen LogP contribution in [0, 0.1) is 0 Å². The second-order valence-corrected chi connectivity index (χ2v) is 7.05. The number of sulfonamides is 1. The van der Waals surface area contributed by atoms with Gasteiger partial charge in [0.1, 0.15) is 0 Å². The number of ether oxygens (including phenoxy) is 1. The Hall–Kier alpha value is -1.87. The molecule has 0 aliphatic carbocycles. The molecule has 9 heteroatoms. The first-order valence-corrected chi connectivity index (χ1v) is 8.66. The topological polar surface area (TPSA) is 91.0 Å². The Kier molecular flexibility index (Phi) is 4.16. The first-order chi connectivity index (χ1) is 10.5. The van der Waals surface area contributed by atoms with Crippen LogP contribution in [-0.2, 0) is 28.4 Å². The molecule has 2 aromatic rings. The SMILES string of the molecule is Cn1cnc(S(=O)(=O)Nc2cnn(CC3CCCCO3)c2)c1. The van der Waals surface area contributed by atoms with Crippen LogP contribution in [0.4, 0.5) is 5.69 Å². The molecule has 3 heterocycles. The number of aromatic nitrogens is 4. The average Bonchev–Trinajstić information content (AvgIpc) is 3.09. The summed E-state index contributed by atoms with van der Waals surface area (Å²) < 4.78 is 35.7. The number of rotatable bonds is 5. The van der Waals surface area contributed by atoms with E-state index < -0.39 is 10.0 Å². The van der Waals surface area contributed by atoms with Gasteiger partial charge < -0.3 is 9.30 Å². The van der Waals surface area contributed by atoms with Crippen LogP contribution in [0.2, 0.25) is 0 Å². The average molecular weight is 325 g/mol. The van der Waals surface area contributed by atoms with Crippen molar-refractivity contribution in [2.75, 3.05) is 11.3 Å². The van der Waals surface area contributed by atoms with Crippen molar-refractivity contribution in [1.82, 2.24) is 19.3 Å². The molecule has 0 bridgehead atoms. The van der Waals surface area contributed by atoms with Crippen LogP contribution < -0.4 is 4.72 Å². The highest BCUT2D eigenvalue weighted by Gasteiger charge is 2.19. The Balaban J connectivity index is 1.66. The van der Waals surface area contributed by atoms with Gasteiger partial charge in [-0.3, -0.25) is 9.40 Å². The van der Waals surface area contributed by atoms with E-state index in [2.05, 4.69) is 14.8 Å². The van der Waals surface area contributed by atoms with Crippen LogP contribution in [-0.4, -0.2) is 40.5 Å². The van der Waals surface area contributed by atoms with E-state index in [9.17, 15) is 8.42 Å². The number of hydrogen-bond donors (Lipinski definition) is 1. The molecular weight excluding hydrogens is 306 g/mol. The Morgan fingerprint density at radius 1 is 1.41 bits per heavy atom. The highest BCUT2D eigenvalue weighted by molar-refractivity contribution is 7.92. The summed E-state index contributed by atoms with van der Waals surface area (Å²) >= 11 is 0. The number of aryl methyl sites for hydroxylation is 1. The van der Waals surface area contributed by atoms with Crippen molar-refractivity contribution in [3.05, 3.63) is 24.9 Å². The molecule has 1 atom stereocenters. The van der Waals surface area contributed by atoms with Crippen molar-refractivity contribution in [2.45, 2.75) is 36.9 Å². The summed E-state index contributed by atoms with van der Waals surface area (Å²) in [4.78, 5) is 3.85. The van der Waals surface area contributed by atoms with E-state index in [1.54, 1.807) is 22.5 Å². The molecule has 0 aromatic carbocycles. The zero-order chi connectivity index (χ0) is 15.6. The summed E-state index contributed by atoms with van der Waals surface area (Å²) in [5.41, 5.74) is 0.418. The van der Waals surface area contributed by atoms with E-state index in [1.807, 2.05) is 0 Å². The maximum atomic E-state index is 12.2. The fraction of sp³-hybridized carbons (Fsp3) is 0.538. The third-order valence-electron chi connectivity index (χ3n) is 3.51. The maximum absolute atomic E-state index is 12.2. The van der Waals surface area contributed by atoms with Crippen molar-refractivity contribution < 1.29 is 13.2 Å². The molecule has 0 saturated carbocycles. The summed E-state index contributed by atoms with van der Waals surface area (Å²) in [6.45, 7) is 1.41. The van der Waals surface area contributed by atoms with Crippen molar-refractivity contribution >= 4 is 15.7 Å². The van der Waals surface area contributed by atoms with Gasteiger partial charge in [-0.2, -0.15) is 13.5 Å². The molecule has 1 N–H and O–H groups in total. The van der Waals surface area contributed by atoms with E-state index in [1.165, 1.54) is 18.7 Å². The molecule has 1 aliphatic rings. The smallest absolute Gasteiger partial charge is 0.281 e. The minimum atomic E-state index is -3.68. The van der Waals surface area contributed by atoms with Crippen molar-refractivity contribution in [3.8, 4) is 0 Å². The molecule has 1 unspecified atom stereocenters. The van der Waals surface area contributed by atoms with Crippen LogP contribution in [0.25, 0.3) is 0 Å². The number of nitrogens with zero attached hydrogens (tertiary/aromatic N) is 4. The number of imidazole rings is 1. The lowest BCUT2D eigenvalue weighted by molar-refractivity contribution is 0.00401. The monoisotopic (exact) mass is 325 g/mol. The first-order valence-electron chi connectivity index (χ1n) is 7.18. The minimum absolute atomic E-state index is 0.0154. The van der Waals surface area contributed by atoms with Crippen LogP contribution in [0.3, 0.4) is 0 Å². The van der Waals surface area contributed by atoms with E-state index in [-0.39, 0.29) is 11.1 Å². The molecule has 1 saturated heterocycles. The van der Waals surface area contributed by atoms with Crippen molar-refractivity contribution in [3.63, 3.8) is 0 Å². The van der Waals surface area contributed by atoms with Gasteiger partial charge in [0.25, 0.3) is 10.0 Å².